The number of halogens is 2. The molecule has 0 saturated carbocycles. The number of rotatable bonds is 3. The quantitative estimate of drug-likeness (QED) is 0.841. The molecule has 3 rings (SSSR count). The molecule has 2 N–H and O–H groups in total. The van der Waals surface area contributed by atoms with Gasteiger partial charge < -0.3 is 15.5 Å². The standard InChI is InChI=1S/C17H22FN3O2.ClH/c1-11-8-12(9-19)10-21(11)17(23)15-6-7-20(16(15)22)14-4-2-13(18)3-5-14;/h2-5,11-12,15H,6-10,19H2,1H3;1H. The van der Waals surface area contributed by atoms with Crippen molar-refractivity contribution in [2.24, 2.45) is 17.6 Å². The summed E-state index contributed by atoms with van der Waals surface area (Å²) in [5, 5.41) is 0. The minimum absolute atomic E-state index is 0. The first-order valence-electron chi connectivity index (χ1n) is 8.08. The van der Waals surface area contributed by atoms with Crippen LogP contribution in [0.15, 0.2) is 24.3 Å². The highest BCUT2D eigenvalue weighted by Crippen LogP contribution is 2.30. The zero-order chi connectivity index (χ0) is 16.6. The van der Waals surface area contributed by atoms with Gasteiger partial charge in [0, 0.05) is 24.8 Å². The van der Waals surface area contributed by atoms with Gasteiger partial charge in [0.05, 0.1) is 0 Å². The maximum Gasteiger partial charge on any atom is 0.239 e. The molecule has 2 saturated heterocycles. The third kappa shape index (κ3) is 3.39. The van der Waals surface area contributed by atoms with E-state index in [1.165, 1.54) is 12.1 Å². The molecule has 2 aliphatic heterocycles. The summed E-state index contributed by atoms with van der Waals surface area (Å²) in [6.07, 6.45) is 1.40. The molecule has 5 nitrogen and oxygen atoms in total. The number of benzene rings is 1. The molecule has 0 bridgehead atoms. The molecule has 24 heavy (non-hydrogen) atoms. The van der Waals surface area contributed by atoms with Crippen LogP contribution in [-0.2, 0) is 9.59 Å². The third-order valence-electron chi connectivity index (χ3n) is 4.92. The predicted octanol–water partition coefficient (Wildman–Crippen LogP) is 1.80. The number of hydrogen-bond donors (Lipinski definition) is 1. The van der Waals surface area contributed by atoms with Crippen molar-refractivity contribution in [1.82, 2.24) is 4.90 Å². The molecule has 2 fully saturated rings. The first-order valence-corrected chi connectivity index (χ1v) is 8.08. The third-order valence-corrected chi connectivity index (χ3v) is 4.92. The normalized spacial score (nSPS) is 26.6. The van der Waals surface area contributed by atoms with E-state index in [0.717, 1.165) is 6.42 Å². The van der Waals surface area contributed by atoms with Crippen LogP contribution < -0.4 is 10.6 Å². The molecule has 7 heteroatoms. The van der Waals surface area contributed by atoms with Crippen molar-refractivity contribution >= 4 is 29.9 Å². The van der Waals surface area contributed by atoms with Gasteiger partial charge in [0.25, 0.3) is 0 Å². The molecule has 1 aromatic rings. The molecule has 0 spiro atoms. The second kappa shape index (κ2) is 7.49. The van der Waals surface area contributed by atoms with Gasteiger partial charge in [0.15, 0.2) is 0 Å². The van der Waals surface area contributed by atoms with Gasteiger partial charge in [-0.1, -0.05) is 0 Å². The molecule has 2 heterocycles. The van der Waals surface area contributed by atoms with Gasteiger partial charge in [0.2, 0.25) is 11.8 Å². The van der Waals surface area contributed by atoms with Gasteiger partial charge >= 0.3 is 0 Å². The number of carbonyl (C=O) groups is 2. The monoisotopic (exact) mass is 355 g/mol. The molecule has 0 radical (unpaired) electrons. The fourth-order valence-corrected chi connectivity index (χ4v) is 3.61. The van der Waals surface area contributed by atoms with Crippen LogP contribution in [0.25, 0.3) is 0 Å². The van der Waals surface area contributed by atoms with Crippen LogP contribution in [0.5, 0.6) is 0 Å². The fourth-order valence-electron chi connectivity index (χ4n) is 3.61. The highest BCUT2D eigenvalue weighted by molar-refractivity contribution is 6.09. The van der Waals surface area contributed by atoms with Crippen molar-refractivity contribution in [1.29, 1.82) is 0 Å². The van der Waals surface area contributed by atoms with Crippen molar-refractivity contribution in [3.05, 3.63) is 30.1 Å². The summed E-state index contributed by atoms with van der Waals surface area (Å²) in [6.45, 7) is 3.69. The molecule has 132 valence electrons. The summed E-state index contributed by atoms with van der Waals surface area (Å²) in [6, 6.07) is 5.92. The summed E-state index contributed by atoms with van der Waals surface area (Å²) in [5.41, 5.74) is 6.35. The Labute approximate surface area is 147 Å². The first kappa shape index (κ1) is 18.7. The lowest BCUT2D eigenvalue weighted by molar-refractivity contribution is -0.140. The average Bonchev–Trinajstić information content (AvgIpc) is 3.10. The van der Waals surface area contributed by atoms with E-state index in [4.69, 9.17) is 5.73 Å². The van der Waals surface area contributed by atoms with Gasteiger partial charge in [-0.25, -0.2) is 4.39 Å². The van der Waals surface area contributed by atoms with Crippen molar-refractivity contribution in [3.63, 3.8) is 0 Å². The van der Waals surface area contributed by atoms with Gasteiger partial charge in [-0.05, 0) is 56.5 Å². The zero-order valence-electron chi connectivity index (χ0n) is 13.7. The van der Waals surface area contributed by atoms with Gasteiger partial charge in [-0.2, -0.15) is 0 Å². The summed E-state index contributed by atoms with van der Waals surface area (Å²) in [7, 11) is 0. The molecule has 3 unspecified atom stereocenters. The Kier molecular flexibility index (Phi) is 5.83. The summed E-state index contributed by atoms with van der Waals surface area (Å²) < 4.78 is 13.0. The van der Waals surface area contributed by atoms with E-state index in [1.807, 2.05) is 6.92 Å². The van der Waals surface area contributed by atoms with Gasteiger partial charge in [0.1, 0.15) is 11.7 Å². The van der Waals surface area contributed by atoms with E-state index in [9.17, 15) is 14.0 Å². The van der Waals surface area contributed by atoms with Crippen LogP contribution in [0.2, 0.25) is 0 Å². The lowest BCUT2D eigenvalue weighted by Gasteiger charge is -2.24. The number of amides is 2. The largest absolute Gasteiger partial charge is 0.339 e. The number of carbonyl (C=O) groups excluding carboxylic acids is 2. The Morgan fingerprint density at radius 1 is 1.33 bits per heavy atom. The minimum atomic E-state index is -0.626. The average molecular weight is 356 g/mol. The van der Waals surface area contributed by atoms with Crippen LogP contribution in [0.4, 0.5) is 10.1 Å². The molecule has 1 aromatic carbocycles. The van der Waals surface area contributed by atoms with E-state index >= 15 is 0 Å². The minimum Gasteiger partial charge on any atom is -0.339 e. The maximum absolute atomic E-state index is 13.0. The van der Waals surface area contributed by atoms with Crippen LogP contribution in [-0.4, -0.2) is 42.4 Å². The zero-order valence-corrected chi connectivity index (χ0v) is 14.5. The Balaban J connectivity index is 0.00000208. The van der Waals surface area contributed by atoms with Crippen molar-refractivity contribution in [2.45, 2.75) is 25.8 Å². The van der Waals surface area contributed by atoms with Crippen molar-refractivity contribution in [3.8, 4) is 0 Å². The molecule has 2 amide bonds. The van der Waals surface area contributed by atoms with Crippen LogP contribution in [0, 0.1) is 17.7 Å². The van der Waals surface area contributed by atoms with E-state index in [0.29, 0.717) is 37.7 Å². The first-order chi connectivity index (χ1) is 11.0. The summed E-state index contributed by atoms with van der Waals surface area (Å²) in [4.78, 5) is 28.7. The second-order valence-corrected chi connectivity index (χ2v) is 6.48. The fraction of sp³-hybridized carbons (Fsp3) is 0.529. The van der Waals surface area contributed by atoms with E-state index < -0.39 is 5.92 Å². The van der Waals surface area contributed by atoms with Gasteiger partial charge in [-0.15, -0.1) is 12.4 Å². The number of nitrogens with two attached hydrogens (primary N) is 1. The molecule has 3 atom stereocenters. The topological polar surface area (TPSA) is 66.6 Å². The number of hydrogen-bond acceptors (Lipinski definition) is 3. The van der Waals surface area contributed by atoms with Crippen molar-refractivity contribution < 1.29 is 14.0 Å². The Morgan fingerprint density at radius 2 is 2.00 bits per heavy atom. The summed E-state index contributed by atoms with van der Waals surface area (Å²) >= 11 is 0. The Hall–Kier alpha value is -1.66. The predicted molar refractivity (Wildman–Crippen MR) is 92.4 cm³/mol. The van der Waals surface area contributed by atoms with E-state index in [1.54, 1.807) is 21.9 Å². The number of anilines is 1. The molecule has 0 aromatic heterocycles. The lowest BCUT2D eigenvalue weighted by atomic mass is 10.1. The molecule has 0 aliphatic carbocycles. The highest BCUT2D eigenvalue weighted by Gasteiger charge is 2.42. The smallest absolute Gasteiger partial charge is 0.239 e. The Bertz CT molecular complexity index is 610. The molecule has 2 aliphatic rings. The van der Waals surface area contributed by atoms with E-state index in [-0.39, 0.29) is 36.1 Å². The van der Waals surface area contributed by atoms with Crippen molar-refractivity contribution in [2.75, 3.05) is 24.5 Å². The molecular formula is C17H23ClFN3O2. The van der Waals surface area contributed by atoms with Crippen LogP contribution >= 0.6 is 12.4 Å². The van der Waals surface area contributed by atoms with Crippen LogP contribution in [0.3, 0.4) is 0 Å². The maximum atomic E-state index is 13.0. The second-order valence-electron chi connectivity index (χ2n) is 6.48. The summed E-state index contributed by atoms with van der Waals surface area (Å²) in [5.74, 6) is -0.933. The molecular weight excluding hydrogens is 333 g/mol. The number of likely N-dealkylation sites (tertiary alicyclic amines) is 1. The number of nitrogens with zero attached hydrogens (tertiary/aromatic N) is 2. The van der Waals surface area contributed by atoms with E-state index in [2.05, 4.69) is 0 Å². The lowest BCUT2D eigenvalue weighted by Crippen LogP contribution is -2.42. The SMILES string of the molecule is CC1CC(CN)CN1C(=O)C1CCN(c2ccc(F)cc2)C1=O.Cl. The van der Waals surface area contributed by atoms with Crippen LogP contribution in [0.1, 0.15) is 19.8 Å². The highest BCUT2D eigenvalue weighted by atomic mass is 35.5. The Morgan fingerprint density at radius 3 is 2.58 bits per heavy atom. The van der Waals surface area contributed by atoms with Gasteiger partial charge in [-0.3, -0.25) is 9.59 Å².